The summed E-state index contributed by atoms with van der Waals surface area (Å²) >= 11 is 0. The number of aliphatic hydroxyl groups excluding tert-OH is 4. The molecular weight excluding hydrogens is 422 g/mol. The predicted molar refractivity (Wildman–Crippen MR) is 114 cm³/mol. The van der Waals surface area contributed by atoms with Crippen molar-refractivity contribution in [3.05, 3.63) is 29.8 Å². The molecule has 0 bridgehead atoms. The molecule has 2 aliphatic rings. The number of hydrogen-bond donors (Lipinski definition) is 7. The summed E-state index contributed by atoms with van der Waals surface area (Å²) in [5, 5.41) is 64.8. The highest BCUT2D eigenvalue weighted by Gasteiger charge is 2.46. The van der Waals surface area contributed by atoms with Crippen LogP contribution < -0.4 is 0 Å². The van der Waals surface area contributed by atoms with E-state index in [1.54, 1.807) is 12.1 Å². The van der Waals surface area contributed by atoms with Gasteiger partial charge in [0.05, 0.1) is 5.60 Å². The van der Waals surface area contributed by atoms with E-state index in [0.717, 1.165) is 37.8 Å². The fraction of sp³-hybridized carbons (Fsp3) is 0.682. The van der Waals surface area contributed by atoms with Crippen LogP contribution in [0.3, 0.4) is 0 Å². The summed E-state index contributed by atoms with van der Waals surface area (Å²) in [6.07, 6.45) is -3.51. The van der Waals surface area contributed by atoms with E-state index in [0.29, 0.717) is 0 Å². The lowest BCUT2D eigenvalue weighted by atomic mass is 9.72. The number of likely N-dealkylation sites (N-methyl/N-ethyl adjacent to an activating group) is 1. The van der Waals surface area contributed by atoms with Gasteiger partial charge in [0.2, 0.25) is 0 Å². The van der Waals surface area contributed by atoms with Gasteiger partial charge in [-0.2, -0.15) is 0 Å². The van der Waals surface area contributed by atoms with Gasteiger partial charge in [0.1, 0.15) is 24.1 Å². The second kappa shape index (κ2) is 11.4. The summed E-state index contributed by atoms with van der Waals surface area (Å²) in [6.45, 7) is 0.835. The second-order valence-electron chi connectivity index (χ2n) is 8.83. The maximum Gasteiger partial charge on any atom is 0.335 e. The first-order chi connectivity index (χ1) is 15.0. The molecule has 1 unspecified atom stereocenters. The monoisotopic (exact) mass is 457 g/mol. The van der Waals surface area contributed by atoms with Gasteiger partial charge in [0.15, 0.2) is 12.4 Å². The van der Waals surface area contributed by atoms with Crippen LogP contribution in [0, 0.1) is 0 Å². The lowest BCUT2D eigenvalue weighted by Gasteiger charge is -2.40. The van der Waals surface area contributed by atoms with Crippen LogP contribution in [0.4, 0.5) is 0 Å². The van der Waals surface area contributed by atoms with Gasteiger partial charge in [-0.05, 0) is 44.6 Å². The van der Waals surface area contributed by atoms with E-state index in [2.05, 4.69) is 9.64 Å². The van der Waals surface area contributed by atoms with Crippen molar-refractivity contribution in [2.24, 2.45) is 0 Å². The summed E-state index contributed by atoms with van der Waals surface area (Å²) < 4.78 is 4.34. The van der Waals surface area contributed by atoms with Crippen LogP contribution in [-0.2, 0) is 9.53 Å². The molecule has 0 spiro atoms. The van der Waals surface area contributed by atoms with E-state index in [4.69, 9.17) is 25.5 Å². The van der Waals surface area contributed by atoms with E-state index < -0.39 is 42.3 Å². The number of hydrogen-bond acceptors (Lipinski definition) is 9. The van der Waals surface area contributed by atoms with Crippen LogP contribution in [0.25, 0.3) is 0 Å². The summed E-state index contributed by atoms with van der Waals surface area (Å²) in [6, 6.07) is 7.31. The third kappa shape index (κ3) is 6.61. The number of aliphatic hydroxyl groups is 5. The molecule has 6 atom stereocenters. The molecule has 2 fully saturated rings. The Hall–Kier alpha value is -1.79. The number of carboxylic acid groups (broad SMARTS) is 1. The Balaban J connectivity index is 0.000000244. The third-order valence-corrected chi connectivity index (χ3v) is 6.04. The van der Waals surface area contributed by atoms with Crippen LogP contribution in [-0.4, -0.2) is 104 Å². The Morgan fingerprint density at radius 2 is 1.59 bits per heavy atom. The first kappa shape index (κ1) is 26.5. The van der Waals surface area contributed by atoms with Gasteiger partial charge in [-0.25, -0.2) is 4.79 Å². The highest BCUT2D eigenvalue weighted by atomic mass is 16.6. The summed E-state index contributed by atoms with van der Waals surface area (Å²) in [5.41, 5.74) is 0.523. The van der Waals surface area contributed by atoms with Gasteiger partial charge in [-0.1, -0.05) is 31.4 Å². The van der Waals surface area contributed by atoms with E-state index in [9.17, 15) is 15.0 Å². The molecule has 1 saturated carbocycles. The van der Waals surface area contributed by atoms with Crippen molar-refractivity contribution in [2.75, 3.05) is 20.6 Å². The maximum atomic E-state index is 11.0. The van der Waals surface area contributed by atoms with Crippen LogP contribution in [0.5, 0.6) is 5.75 Å². The highest BCUT2D eigenvalue weighted by molar-refractivity contribution is 5.73. The molecule has 1 aliphatic heterocycles. The second-order valence-corrected chi connectivity index (χ2v) is 8.83. The number of nitrogens with zero attached hydrogens (tertiary/aromatic N) is 1. The molecule has 32 heavy (non-hydrogen) atoms. The minimum atomic E-state index is -1.81. The topological polar surface area (TPSA) is 171 Å². The van der Waals surface area contributed by atoms with Gasteiger partial charge in [0.25, 0.3) is 0 Å². The molecule has 1 aromatic carbocycles. The number of ether oxygens (including phenoxy) is 1. The Labute approximate surface area is 187 Å². The molecule has 182 valence electrons. The van der Waals surface area contributed by atoms with Crippen molar-refractivity contribution in [3.8, 4) is 5.75 Å². The van der Waals surface area contributed by atoms with E-state index in [-0.39, 0.29) is 11.7 Å². The zero-order valence-corrected chi connectivity index (χ0v) is 18.4. The molecule has 3 rings (SSSR count). The molecule has 0 radical (unpaired) electrons. The molecule has 0 amide bonds. The first-order valence-corrected chi connectivity index (χ1v) is 10.7. The Morgan fingerprint density at radius 1 is 1.03 bits per heavy atom. The summed E-state index contributed by atoms with van der Waals surface area (Å²) in [5.74, 6) is -1.12. The van der Waals surface area contributed by atoms with E-state index >= 15 is 0 Å². The minimum absolute atomic E-state index is 0.114. The highest BCUT2D eigenvalue weighted by Crippen LogP contribution is 2.40. The SMILES string of the molecule is CN(C)CC(c1ccc(O)cc1)C1(O)CCCCC1.O=C(O)[C@H]1O[C@@H](O)[C@H](O)[C@@H](O)[C@@H]1O. The number of phenolic OH excluding ortho intramolecular Hbond substituents is 1. The molecule has 1 aliphatic carbocycles. The zero-order chi connectivity index (χ0) is 24.1. The quantitative estimate of drug-likeness (QED) is 0.309. The first-order valence-electron chi connectivity index (χ1n) is 10.7. The minimum Gasteiger partial charge on any atom is -0.508 e. The van der Waals surface area contributed by atoms with Crippen LogP contribution in [0.2, 0.25) is 0 Å². The van der Waals surface area contributed by atoms with Crippen molar-refractivity contribution in [1.29, 1.82) is 0 Å². The number of carboxylic acids is 1. The van der Waals surface area contributed by atoms with Gasteiger partial charge >= 0.3 is 5.97 Å². The number of aliphatic carboxylic acids is 1. The molecular formula is C22H35NO9. The molecule has 1 aromatic rings. The van der Waals surface area contributed by atoms with E-state index in [1.807, 2.05) is 26.2 Å². The van der Waals surface area contributed by atoms with Crippen LogP contribution >= 0.6 is 0 Å². The smallest absolute Gasteiger partial charge is 0.335 e. The average molecular weight is 458 g/mol. The van der Waals surface area contributed by atoms with Crippen molar-refractivity contribution in [1.82, 2.24) is 4.90 Å². The maximum absolute atomic E-state index is 11.0. The zero-order valence-electron chi connectivity index (χ0n) is 18.4. The number of aromatic hydroxyl groups is 1. The third-order valence-electron chi connectivity index (χ3n) is 6.04. The van der Waals surface area contributed by atoms with E-state index in [1.165, 1.54) is 6.42 Å². The Kier molecular flexibility index (Phi) is 9.40. The largest absolute Gasteiger partial charge is 0.508 e. The van der Waals surface area contributed by atoms with Gasteiger partial charge in [-0.3, -0.25) is 0 Å². The molecule has 1 saturated heterocycles. The molecule has 10 nitrogen and oxygen atoms in total. The van der Waals surface area contributed by atoms with Gasteiger partial charge in [-0.15, -0.1) is 0 Å². The predicted octanol–water partition coefficient (Wildman–Crippen LogP) is -0.396. The van der Waals surface area contributed by atoms with Crippen molar-refractivity contribution in [3.63, 3.8) is 0 Å². The number of rotatable bonds is 5. The fourth-order valence-corrected chi connectivity index (χ4v) is 4.24. The lowest BCUT2D eigenvalue weighted by Crippen LogP contribution is -2.59. The Bertz CT molecular complexity index is 721. The van der Waals surface area contributed by atoms with Crippen molar-refractivity contribution < 1.29 is 45.3 Å². The normalized spacial score (nSPS) is 30.8. The molecule has 1 heterocycles. The van der Waals surface area contributed by atoms with Crippen molar-refractivity contribution in [2.45, 2.75) is 74.3 Å². The van der Waals surface area contributed by atoms with Crippen LogP contribution in [0.1, 0.15) is 43.6 Å². The number of phenols is 1. The molecule has 7 N–H and O–H groups in total. The van der Waals surface area contributed by atoms with Gasteiger partial charge < -0.3 is 45.4 Å². The number of carbonyl (C=O) groups is 1. The lowest BCUT2D eigenvalue weighted by molar-refractivity contribution is -0.279. The fourth-order valence-electron chi connectivity index (χ4n) is 4.24. The van der Waals surface area contributed by atoms with Crippen LogP contribution in [0.15, 0.2) is 24.3 Å². The average Bonchev–Trinajstić information content (AvgIpc) is 2.74. The summed E-state index contributed by atoms with van der Waals surface area (Å²) in [7, 11) is 4.08. The standard InChI is InChI=1S/C16H25NO2.C6H10O7/c1-17(2)12-15(13-6-8-14(18)9-7-13)16(19)10-4-3-5-11-16;7-1-2(8)4(5(10)11)13-6(12)3(1)9/h6-9,15,18-19H,3-5,10-12H2,1-2H3;1-4,6-9,12H,(H,10,11)/t;1-,2-,3+,4-,6+/m.0/s1. The Morgan fingerprint density at radius 3 is 2.09 bits per heavy atom. The van der Waals surface area contributed by atoms with Crippen molar-refractivity contribution >= 4 is 5.97 Å². The number of benzene rings is 1. The molecule has 0 aromatic heterocycles. The van der Waals surface area contributed by atoms with Gasteiger partial charge in [0, 0.05) is 12.5 Å². The molecule has 10 heteroatoms. The summed E-state index contributed by atoms with van der Waals surface area (Å²) in [4.78, 5) is 12.5.